The number of nitriles is 1. The van der Waals surface area contributed by atoms with Crippen LogP contribution in [0, 0.1) is 25.2 Å². The Morgan fingerprint density at radius 2 is 1.97 bits per heavy atom. The van der Waals surface area contributed by atoms with Crippen LogP contribution in [0.25, 0.3) is 27.7 Å². The van der Waals surface area contributed by atoms with Crippen LogP contribution >= 0.6 is 23.1 Å². The number of methoxy groups -OCH3 is 1. The van der Waals surface area contributed by atoms with Crippen LogP contribution in [0.5, 0.6) is 5.75 Å². The van der Waals surface area contributed by atoms with Crippen molar-refractivity contribution in [3.63, 3.8) is 0 Å². The number of hydrogen-bond donors (Lipinski definition) is 1. The molecule has 37 heavy (non-hydrogen) atoms. The summed E-state index contributed by atoms with van der Waals surface area (Å²) in [5, 5.41) is 25.5. The fraction of sp³-hybridized carbons (Fsp3) is 0.214. The summed E-state index contributed by atoms with van der Waals surface area (Å²) in [6, 6.07) is 18.0. The van der Waals surface area contributed by atoms with E-state index in [1.807, 2.05) is 53.1 Å². The van der Waals surface area contributed by atoms with E-state index in [0.717, 1.165) is 44.6 Å². The Morgan fingerprint density at radius 3 is 2.68 bits per heavy atom. The first kappa shape index (κ1) is 24.8. The Hall–Kier alpha value is -3.87. The number of anilines is 1. The molecule has 0 bridgehead atoms. The number of amides is 1. The van der Waals surface area contributed by atoms with E-state index in [2.05, 4.69) is 47.6 Å². The Bertz CT molecular complexity index is 1660. The summed E-state index contributed by atoms with van der Waals surface area (Å²) in [6.07, 6.45) is 0.590. The first-order valence-electron chi connectivity index (χ1n) is 11.8. The van der Waals surface area contributed by atoms with E-state index in [4.69, 9.17) is 4.74 Å². The summed E-state index contributed by atoms with van der Waals surface area (Å²) < 4.78 is 7.26. The summed E-state index contributed by atoms with van der Waals surface area (Å²) in [6.45, 7) is 6.11. The van der Waals surface area contributed by atoms with Crippen LogP contribution in [0.15, 0.2) is 59.1 Å². The van der Waals surface area contributed by atoms with E-state index in [9.17, 15) is 10.1 Å². The molecule has 0 aliphatic rings. The second-order valence-electron chi connectivity index (χ2n) is 8.67. The maximum atomic E-state index is 13.4. The normalized spacial score (nSPS) is 12.0. The summed E-state index contributed by atoms with van der Waals surface area (Å²) >= 11 is 2.74. The molecule has 1 atom stereocenters. The zero-order valence-electron chi connectivity index (χ0n) is 20.9. The summed E-state index contributed by atoms with van der Waals surface area (Å²) in [5.41, 5.74) is 6.19. The average Bonchev–Trinajstić information content (AvgIpc) is 3.50. The quantitative estimate of drug-likeness (QED) is 0.239. The van der Waals surface area contributed by atoms with Crippen LogP contribution in [0.1, 0.15) is 30.0 Å². The van der Waals surface area contributed by atoms with Gasteiger partial charge in [-0.05, 0) is 55.2 Å². The number of aromatic nitrogens is 3. The number of nitrogens with one attached hydrogen (secondary N) is 1. The van der Waals surface area contributed by atoms with Gasteiger partial charge in [0.1, 0.15) is 16.8 Å². The van der Waals surface area contributed by atoms with Crippen molar-refractivity contribution in [3.05, 3.63) is 70.6 Å². The molecule has 1 amide bonds. The van der Waals surface area contributed by atoms with E-state index in [-0.39, 0.29) is 5.91 Å². The highest BCUT2D eigenvalue weighted by molar-refractivity contribution is 8.00. The zero-order valence-corrected chi connectivity index (χ0v) is 22.5. The van der Waals surface area contributed by atoms with E-state index in [1.54, 1.807) is 7.11 Å². The number of nitrogens with zero attached hydrogens (tertiary/aromatic N) is 4. The molecule has 0 radical (unpaired) electrons. The van der Waals surface area contributed by atoms with Gasteiger partial charge >= 0.3 is 0 Å². The van der Waals surface area contributed by atoms with Gasteiger partial charge in [-0.3, -0.25) is 9.20 Å². The summed E-state index contributed by atoms with van der Waals surface area (Å²) in [7, 11) is 1.61. The maximum Gasteiger partial charge on any atom is 0.238 e. The van der Waals surface area contributed by atoms with Gasteiger partial charge < -0.3 is 10.1 Å². The first-order valence-corrected chi connectivity index (χ1v) is 13.6. The third-order valence-electron chi connectivity index (χ3n) is 6.34. The summed E-state index contributed by atoms with van der Waals surface area (Å²) in [4.78, 5) is 13.4. The molecule has 0 aliphatic heterocycles. The van der Waals surface area contributed by atoms with Crippen LogP contribution in [0.2, 0.25) is 0 Å². The van der Waals surface area contributed by atoms with Gasteiger partial charge in [0.05, 0.1) is 23.4 Å². The van der Waals surface area contributed by atoms with Gasteiger partial charge in [0, 0.05) is 16.3 Å². The van der Waals surface area contributed by atoms with Crippen molar-refractivity contribution in [1.82, 2.24) is 14.6 Å². The monoisotopic (exact) mass is 527 g/mol. The topological polar surface area (TPSA) is 92.3 Å². The molecule has 3 aromatic heterocycles. The molecule has 0 saturated heterocycles. The molecule has 186 valence electrons. The number of carbonyl (C=O) groups excluding carboxylic acids is 1. The standard InChI is InChI=1S/C28H25N5O2S2/c1-5-23(37-28-32-31-24-13-17(3)20-8-6-7-16(2)25(20)33(24)28)26(34)30-27-21(14-29)22(15-36-27)18-9-11-19(35-4)12-10-18/h6-13,15,23H,5H2,1-4H3,(H,30,34). The van der Waals surface area contributed by atoms with E-state index in [0.29, 0.717) is 22.1 Å². The number of thioether (sulfide) groups is 1. The predicted molar refractivity (Wildman–Crippen MR) is 150 cm³/mol. The number of hydrogen-bond acceptors (Lipinski definition) is 7. The van der Waals surface area contributed by atoms with Crippen molar-refractivity contribution in [2.75, 3.05) is 12.4 Å². The Balaban J connectivity index is 1.43. The van der Waals surface area contributed by atoms with Crippen LogP contribution in [-0.4, -0.2) is 32.9 Å². The minimum absolute atomic E-state index is 0.169. The van der Waals surface area contributed by atoms with Crippen molar-refractivity contribution in [2.45, 2.75) is 37.6 Å². The van der Waals surface area contributed by atoms with Gasteiger partial charge in [0.15, 0.2) is 10.8 Å². The first-order chi connectivity index (χ1) is 17.9. The smallest absolute Gasteiger partial charge is 0.238 e. The number of fused-ring (bicyclic) bond motifs is 3. The van der Waals surface area contributed by atoms with Gasteiger partial charge in [-0.25, -0.2) is 0 Å². The number of pyridine rings is 1. The third-order valence-corrected chi connectivity index (χ3v) is 8.54. The van der Waals surface area contributed by atoms with Gasteiger partial charge in [-0.2, -0.15) is 5.26 Å². The summed E-state index contributed by atoms with van der Waals surface area (Å²) in [5.74, 6) is 0.574. The van der Waals surface area contributed by atoms with E-state index in [1.165, 1.54) is 23.1 Å². The van der Waals surface area contributed by atoms with Gasteiger partial charge in [-0.15, -0.1) is 21.5 Å². The van der Waals surface area contributed by atoms with Crippen molar-refractivity contribution < 1.29 is 9.53 Å². The third kappa shape index (κ3) is 4.54. The second kappa shape index (κ2) is 10.2. The molecule has 0 fully saturated rings. The lowest BCUT2D eigenvalue weighted by atomic mass is 10.0. The fourth-order valence-corrected chi connectivity index (χ4v) is 6.28. The molecule has 5 rings (SSSR count). The van der Waals surface area contributed by atoms with Crippen LogP contribution in [-0.2, 0) is 4.79 Å². The van der Waals surface area contributed by atoms with Gasteiger partial charge in [0.25, 0.3) is 0 Å². The number of carbonyl (C=O) groups is 1. The van der Waals surface area contributed by atoms with Crippen LogP contribution < -0.4 is 10.1 Å². The predicted octanol–water partition coefficient (Wildman–Crippen LogP) is 6.62. The molecule has 0 saturated carbocycles. The van der Waals surface area contributed by atoms with Crippen molar-refractivity contribution in [1.29, 1.82) is 5.26 Å². The van der Waals surface area contributed by atoms with E-state index < -0.39 is 5.25 Å². The number of benzene rings is 2. The van der Waals surface area contributed by atoms with Gasteiger partial charge in [-0.1, -0.05) is 49.0 Å². The highest BCUT2D eigenvalue weighted by Crippen LogP contribution is 2.37. The molecule has 7 nitrogen and oxygen atoms in total. The Morgan fingerprint density at radius 1 is 1.19 bits per heavy atom. The SMILES string of the molecule is CCC(Sc1nnc2cc(C)c3cccc(C)c3n12)C(=O)Nc1scc(-c2ccc(OC)cc2)c1C#N. The molecule has 5 aromatic rings. The molecule has 1 N–H and O–H groups in total. The highest BCUT2D eigenvalue weighted by atomic mass is 32.2. The molecule has 9 heteroatoms. The number of aryl methyl sites for hydroxylation is 2. The highest BCUT2D eigenvalue weighted by Gasteiger charge is 2.24. The minimum Gasteiger partial charge on any atom is -0.497 e. The zero-order chi connectivity index (χ0) is 26.1. The molecule has 1 unspecified atom stereocenters. The number of ether oxygens (including phenoxy) is 1. The molecule has 0 aliphatic carbocycles. The molecule has 3 heterocycles. The lowest BCUT2D eigenvalue weighted by molar-refractivity contribution is -0.115. The number of thiophene rings is 1. The van der Waals surface area contributed by atoms with Crippen molar-refractivity contribution in [2.24, 2.45) is 0 Å². The Labute approximate surface area is 223 Å². The molecular weight excluding hydrogens is 502 g/mol. The number of rotatable bonds is 7. The van der Waals surface area contributed by atoms with Crippen LogP contribution in [0.4, 0.5) is 5.00 Å². The molecule has 2 aromatic carbocycles. The van der Waals surface area contributed by atoms with Gasteiger partial charge in [0.2, 0.25) is 5.91 Å². The largest absolute Gasteiger partial charge is 0.497 e. The molecule has 0 spiro atoms. The van der Waals surface area contributed by atoms with Crippen molar-refractivity contribution in [3.8, 4) is 22.9 Å². The van der Waals surface area contributed by atoms with E-state index >= 15 is 0 Å². The lowest BCUT2D eigenvalue weighted by Crippen LogP contribution is -2.24. The molecular formula is C28H25N5O2S2. The Kier molecular flexibility index (Phi) is 6.87. The second-order valence-corrected chi connectivity index (χ2v) is 10.7. The average molecular weight is 528 g/mol. The maximum absolute atomic E-state index is 13.4. The fourth-order valence-electron chi connectivity index (χ4n) is 4.39. The minimum atomic E-state index is -0.411. The number of para-hydroxylation sites is 1. The lowest BCUT2D eigenvalue weighted by Gasteiger charge is -2.15. The van der Waals surface area contributed by atoms with Crippen LogP contribution in [0.3, 0.4) is 0 Å². The van der Waals surface area contributed by atoms with Crippen molar-refractivity contribution >= 4 is 50.6 Å².